The third-order valence-electron chi connectivity index (χ3n) is 3.89. The lowest BCUT2D eigenvalue weighted by atomic mass is 10.0. The Balaban J connectivity index is 1.68. The summed E-state index contributed by atoms with van der Waals surface area (Å²) < 4.78 is 4.76. The van der Waals surface area contributed by atoms with Gasteiger partial charge in [0.05, 0.1) is 6.54 Å². The van der Waals surface area contributed by atoms with Crippen LogP contribution in [0.3, 0.4) is 0 Å². The summed E-state index contributed by atoms with van der Waals surface area (Å²) in [5.41, 5.74) is 1.84. The Labute approximate surface area is 148 Å². The highest BCUT2D eigenvalue weighted by molar-refractivity contribution is 6.31. The van der Waals surface area contributed by atoms with Crippen molar-refractivity contribution in [2.75, 3.05) is 10.6 Å². The molecule has 0 saturated carbocycles. The number of hydrogen-bond acceptors (Lipinski definition) is 6. The van der Waals surface area contributed by atoms with E-state index in [1.165, 1.54) is 0 Å². The molecule has 0 bridgehead atoms. The van der Waals surface area contributed by atoms with E-state index in [-0.39, 0.29) is 11.8 Å². The van der Waals surface area contributed by atoms with Crippen molar-refractivity contribution in [2.24, 2.45) is 4.99 Å². The van der Waals surface area contributed by atoms with Gasteiger partial charge in [0.25, 0.3) is 0 Å². The highest BCUT2D eigenvalue weighted by atomic mass is 35.5. The number of aliphatic imine (C=N–C) groups is 1. The van der Waals surface area contributed by atoms with Gasteiger partial charge in [0.2, 0.25) is 11.6 Å². The van der Waals surface area contributed by atoms with Gasteiger partial charge >= 0.3 is 0 Å². The van der Waals surface area contributed by atoms with E-state index in [0.29, 0.717) is 29.0 Å². The summed E-state index contributed by atoms with van der Waals surface area (Å²) >= 11 is 6.21. The summed E-state index contributed by atoms with van der Waals surface area (Å²) in [6.07, 6.45) is 0. The molecular weight excluding hydrogens is 342 g/mol. The molecule has 126 valence electrons. The van der Waals surface area contributed by atoms with Crippen molar-refractivity contribution in [3.63, 3.8) is 0 Å². The lowest BCUT2D eigenvalue weighted by Gasteiger charge is -2.26. The van der Waals surface area contributed by atoms with Gasteiger partial charge in [-0.15, -0.1) is 0 Å². The van der Waals surface area contributed by atoms with Gasteiger partial charge in [0.1, 0.15) is 17.6 Å². The molecule has 0 radical (unpaired) electrons. The van der Waals surface area contributed by atoms with Crippen LogP contribution in [0.4, 0.5) is 11.6 Å². The van der Waals surface area contributed by atoms with Crippen molar-refractivity contribution in [2.45, 2.75) is 12.6 Å². The Morgan fingerprint density at radius 1 is 1.08 bits per heavy atom. The quantitative estimate of drug-likeness (QED) is 0.664. The molecule has 3 N–H and O–H groups in total. The van der Waals surface area contributed by atoms with Crippen molar-refractivity contribution in [3.05, 3.63) is 64.7 Å². The fourth-order valence-corrected chi connectivity index (χ4v) is 2.80. The molecule has 0 fully saturated rings. The van der Waals surface area contributed by atoms with Gasteiger partial charge in [-0.25, -0.2) is 4.63 Å². The lowest BCUT2D eigenvalue weighted by molar-refractivity contribution is 0.310. The molecule has 25 heavy (non-hydrogen) atoms. The van der Waals surface area contributed by atoms with Gasteiger partial charge in [-0.2, -0.15) is 0 Å². The molecule has 0 amide bonds. The first-order valence-corrected chi connectivity index (χ1v) is 8.01. The first-order valence-electron chi connectivity index (χ1n) is 7.63. The molecule has 2 aromatic carbocycles. The second-order valence-electron chi connectivity index (χ2n) is 5.55. The normalized spacial score (nSPS) is 17.6. The molecule has 0 saturated heterocycles. The number of rotatable bonds is 3. The van der Waals surface area contributed by atoms with Gasteiger partial charge in [-0.05, 0) is 39.6 Å². The topological polar surface area (TPSA) is 95.6 Å². The first-order chi connectivity index (χ1) is 12.2. The van der Waals surface area contributed by atoms with Gasteiger partial charge in [0, 0.05) is 5.02 Å². The van der Waals surface area contributed by atoms with Crippen LogP contribution < -0.4 is 10.6 Å². The number of phenols is 1. The minimum Gasteiger partial charge on any atom is -0.508 e. The number of amidine groups is 1. The maximum atomic E-state index is 9.51. The van der Waals surface area contributed by atoms with Crippen LogP contribution in [-0.2, 0) is 6.54 Å². The van der Waals surface area contributed by atoms with Gasteiger partial charge in [0.15, 0.2) is 0 Å². The maximum absolute atomic E-state index is 9.51. The Morgan fingerprint density at radius 3 is 2.64 bits per heavy atom. The number of aromatic nitrogens is 2. The Hall–Kier alpha value is -3.06. The molecule has 1 aliphatic rings. The third kappa shape index (κ3) is 3.14. The predicted molar refractivity (Wildman–Crippen MR) is 95.0 cm³/mol. The second-order valence-corrected chi connectivity index (χ2v) is 5.96. The minimum atomic E-state index is -0.275. The molecule has 1 aliphatic heterocycles. The summed E-state index contributed by atoms with van der Waals surface area (Å²) in [6.45, 7) is 0.416. The zero-order valence-electron chi connectivity index (χ0n) is 13.0. The molecule has 8 heteroatoms. The lowest BCUT2D eigenvalue weighted by Crippen LogP contribution is -2.32. The molecule has 7 nitrogen and oxygen atoms in total. The molecule has 2 heterocycles. The predicted octanol–water partition coefficient (Wildman–Crippen LogP) is 3.61. The summed E-state index contributed by atoms with van der Waals surface area (Å²) in [7, 11) is 0. The van der Waals surface area contributed by atoms with E-state index < -0.39 is 0 Å². The van der Waals surface area contributed by atoms with E-state index in [1.54, 1.807) is 12.1 Å². The van der Waals surface area contributed by atoms with Crippen molar-refractivity contribution in [3.8, 4) is 5.75 Å². The van der Waals surface area contributed by atoms with Crippen LogP contribution in [0, 0.1) is 0 Å². The zero-order chi connectivity index (χ0) is 17.2. The molecule has 0 spiro atoms. The summed E-state index contributed by atoms with van der Waals surface area (Å²) in [6, 6.07) is 14.2. The maximum Gasteiger partial charge on any atom is 0.220 e. The number of aromatic hydroxyl groups is 1. The van der Waals surface area contributed by atoms with Crippen LogP contribution >= 0.6 is 11.6 Å². The highest BCUT2D eigenvalue weighted by Crippen LogP contribution is 2.31. The number of benzene rings is 2. The molecule has 1 aromatic heterocycles. The molecular formula is C17H14ClN5O2. The Kier molecular flexibility index (Phi) is 3.99. The number of nitrogens with zero attached hydrogens (tertiary/aromatic N) is 3. The average Bonchev–Trinajstić information content (AvgIpc) is 3.08. The van der Waals surface area contributed by atoms with E-state index in [1.807, 2.05) is 36.4 Å². The number of hydrogen-bond donors (Lipinski definition) is 3. The fraction of sp³-hybridized carbons (Fsp3) is 0.118. The number of fused-ring (bicyclic) bond motifs is 1. The standard InChI is InChI=1S/C17H14ClN5O2/c18-13-4-2-1-3-11(13)9-19-15-14(10-5-7-12(24)8-6-10)20-16-17(21-15)23-25-22-16/h1-8,14,24H,9H2,(H,20,22)(H,19,21,23). The summed E-state index contributed by atoms with van der Waals surface area (Å²) in [4.78, 5) is 4.66. The van der Waals surface area contributed by atoms with Crippen LogP contribution in [0.15, 0.2) is 58.2 Å². The highest BCUT2D eigenvalue weighted by Gasteiger charge is 2.28. The summed E-state index contributed by atoms with van der Waals surface area (Å²) in [5.74, 6) is 1.85. The Bertz CT molecular complexity index is 923. The van der Waals surface area contributed by atoms with Crippen LogP contribution in [0.25, 0.3) is 0 Å². The SMILES string of the molecule is Oc1ccc(C2Nc3nonc3NC2=NCc2ccccc2Cl)cc1. The largest absolute Gasteiger partial charge is 0.508 e. The first kappa shape index (κ1) is 15.5. The Morgan fingerprint density at radius 2 is 1.84 bits per heavy atom. The number of halogens is 1. The summed E-state index contributed by atoms with van der Waals surface area (Å²) in [5, 5.41) is 24.2. The number of nitrogens with one attached hydrogen (secondary N) is 2. The number of anilines is 2. The van der Waals surface area contributed by atoms with E-state index in [9.17, 15) is 5.11 Å². The third-order valence-corrected chi connectivity index (χ3v) is 4.26. The molecule has 3 aromatic rings. The zero-order valence-corrected chi connectivity index (χ0v) is 13.7. The number of phenolic OH excluding ortho intramolecular Hbond substituents is 1. The monoisotopic (exact) mass is 355 g/mol. The minimum absolute atomic E-state index is 0.200. The van der Waals surface area contributed by atoms with Crippen molar-refractivity contribution >= 4 is 29.1 Å². The molecule has 4 rings (SSSR count). The van der Waals surface area contributed by atoms with E-state index >= 15 is 0 Å². The molecule has 0 aliphatic carbocycles. The van der Waals surface area contributed by atoms with E-state index in [0.717, 1.165) is 11.1 Å². The average molecular weight is 356 g/mol. The van der Waals surface area contributed by atoms with Crippen LogP contribution in [0.5, 0.6) is 5.75 Å². The van der Waals surface area contributed by atoms with Crippen molar-refractivity contribution < 1.29 is 9.74 Å². The van der Waals surface area contributed by atoms with Crippen molar-refractivity contribution in [1.82, 2.24) is 10.3 Å². The smallest absolute Gasteiger partial charge is 0.220 e. The van der Waals surface area contributed by atoms with Crippen LogP contribution in [0.1, 0.15) is 17.2 Å². The van der Waals surface area contributed by atoms with E-state index in [2.05, 4.69) is 25.9 Å². The van der Waals surface area contributed by atoms with Crippen molar-refractivity contribution in [1.29, 1.82) is 0 Å². The van der Waals surface area contributed by atoms with E-state index in [4.69, 9.17) is 16.2 Å². The van der Waals surface area contributed by atoms with Gasteiger partial charge in [-0.3, -0.25) is 4.99 Å². The molecule has 1 atom stereocenters. The van der Waals surface area contributed by atoms with Crippen LogP contribution in [-0.4, -0.2) is 21.3 Å². The van der Waals surface area contributed by atoms with Gasteiger partial charge in [-0.1, -0.05) is 41.9 Å². The fourth-order valence-electron chi connectivity index (χ4n) is 2.60. The van der Waals surface area contributed by atoms with Gasteiger partial charge < -0.3 is 15.7 Å². The second kappa shape index (κ2) is 6.45. The molecule has 1 unspecified atom stereocenters. The van der Waals surface area contributed by atoms with Crippen LogP contribution in [0.2, 0.25) is 5.02 Å².